The Balaban J connectivity index is 2.07. The second-order valence-electron chi connectivity index (χ2n) is 10.2. The highest BCUT2D eigenvalue weighted by Crippen LogP contribution is 2.39. The minimum atomic E-state index is -1.43. The predicted octanol–water partition coefficient (Wildman–Crippen LogP) is 9.91. The molecule has 200 valence electrons. The molecule has 1 aliphatic rings. The number of aliphatic hydroxyl groups excluding tert-OH is 1. The molecule has 0 radical (unpaired) electrons. The normalized spacial score (nSPS) is 21.8. The Morgan fingerprint density at radius 2 is 1.64 bits per heavy atom. The number of hydrogen-bond acceptors (Lipinski definition) is 2. The molecule has 0 heterocycles. The van der Waals surface area contributed by atoms with Crippen LogP contribution in [0, 0.1) is 17.8 Å². The van der Waals surface area contributed by atoms with Crippen molar-refractivity contribution in [2.75, 3.05) is 0 Å². The Hall–Kier alpha value is -2.27. The van der Waals surface area contributed by atoms with E-state index in [2.05, 4.69) is 20.1 Å². The molecule has 2 nitrogen and oxygen atoms in total. The number of ether oxygens (including phenoxy) is 1. The van der Waals surface area contributed by atoms with Crippen LogP contribution in [-0.4, -0.2) is 5.11 Å². The van der Waals surface area contributed by atoms with Gasteiger partial charge in [0.05, 0.1) is 0 Å². The average molecular weight is 505 g/mol. The van der Waals surface area contributed by atoms with E-state index in [1.54, 1.807) is 30.3 Å². The number of hydrogen-bond donors (Lipinski definition) is 1. The smallest absolute Gasteiger partial charge is 0.224 e. The molecule has 36 heavy (non-hydrogen) atoms. The molecule has 1 aliphatic carbocycles. The van der Waals surface area contributed by atoms with E-state index in [1.165, 1.54) is 18.9 Å². The maximum Gasteiger partial charge on any atom is 0.224 e. The average Bonchev–Trinajstić information content (AvgIpc) is 2.88. The number of rotatable bonds is 14. The van der Waals surface area contributed by atoms with Crippen LogP contribution in [0.2, 0.25) is 0 Å². The first kappa shape index (κ1) is 30.0. The van der Waals surface area contributed by atoms with Gasteiger partial charge < -0.3 is 9.84 Å². The van der Waals surface area contributed by atoms with Crippen molar-refractivity contribution in [2.24, 2.45) is 17.8 Å². The van der Waals surface area contributed by atoms with E-state index in [0.717, 1.165) is 38.0 Å². The lowest BCUT2D eigenvalue weighted by atomic mass is 9.78. The summed E-state index contributed by atoms with van der Waals surface area (Å²) in [6.07, 6.45) is 9.18. The molecule has 1 aromatic rings. The molecule has 0 amide bonds. The van der Waals surface area contributed by atoms with E-state index >= 15 is 4.39 Å². The molecule has 2 rings (SSSR count). The molecule has 5 heteroatoms. The van der Waals surface area contributed by atoms with E-state index in [4.69, 9.17) is 4.74 Å². The van der Waals surface area contributed by atoms with Gasteiger partial charge in [0, 0.05) is 17.9 Å². The van der Waals surface area contributed by atoms with E-state index < -0.39 is 29.7 Å². The number of aliphatic hydroxyl groups is 1. The fourth-order valence-corrected chi connectivity index (χ4v) is 4.84. The van der Waals surface area contributed by atoms with Crippen molar-refractivity contribution in [3.8, 4) is 0 Å². The van der Waals surface area contributed by atoms with Crippen LogP contribution in [0.4, 0.5) is 13.2 Å². The van der Waals surface area contributed by atoms with Crippen LogP contribution < -0.4 is 0 Å². The zero-order valence-corrected chi connectivity index (χ0v) is 22.1. The lowest BCUT2D eigenvalue weighted by Crippen LogP contribution is -2.15. The second kappa shape index (κ2) is 15.1. The summed E-state index contributed by atoms with van der Waals surface area (Å²) in [6.45, 7) is 13.3. The van der Waals surface area contributed by atoms with Gasteiger partial charge in [0.25, 0.3) is 0 Å². The van der Waals surface area contributed by atoms with Gasteiger partial charge in [0.1, 0.15) is 11.7 Å². The first-order valence-corrected chi connectivity index (χ1v) is 13.4. The SMILES string of the molecule is C=CC[C@@H](/C(F)=C(/F)CC1CCC(CCC)CC1)c1ccc([C@@H](O)OC(=C)/C(F)=C\[C@@H](C)CC)cc1. The van der Waals surface area contributed by atoms with Crippen molar-refractivity contribution in [1.82, 2.24) is 0 Å². The molecule has 1 aromatic carbocycles. The van der Waals surface area contributed by atoms with Gasteiger partial charge >= 0.3 is 0 Å². The van der Waals surface area contributed by atoms with E-state index in [1.807, 2.05) is 13.8 Å². The Bertz CT molecular complexity index is 895. The third-order valence-electron chi connectivity index (χ3n) is 7.32. The predicted molar refractivity (Wildman–Crippen MR) is 142 cm³/mol. The largest absolute Gasteiger partial charge is 0.458 e. The van der Waals surface area contributed by atoms with Crippen LogP contribution in [0.1, 0.15) is 102 Å². The van der Waals surface area contributed by atoms with Gasteiger partial charge in [-0.15, -0.1) is 6.58 Å². The highest BCUT2D eigenvalue weighted by atomic mass is 19.2. The summed E-state index contributed by atoms with van der Waals surface area (Å²) in [6, 6.07) is 6.40. The molecule has 0 saturated heterocycles. The van der Waals surface area contributed by atoms with Crippen molar-refractivity contribution in [1.29, 1.82) is 0 Å². The summed E-state index contributed by atoms with van der Waals surface area (Å²) >= 11 is 0. The van der Waals surface area contributed by atoms with Gasteiger partial charge in [-0.2, -0.15) is 0 Å². The Labute approximate surface area is 215 Å². The second-order valence-corrected chi connectivity index (χ2v) is 10.2. The number of benzene rings is 1. The van der Waals surface area contributed by atoms with E-state index in [-0.39, 0.29) is 30.4 Å². The van der Waals surface area contributed by atoms with Crippen LogP contribution in [0.15, 0.2) is 72.8 Å². The minimum absolute atomic E-state index is 0.0167. The number of allylic oxidation sites excluding steroid dienone is 5. The van der Waals surface area contributed by atoms with Gasteiger partial charge in [0.15, 0.2) is 11.6 Å². The molecular weight excluding hydrogens is 461 g/mol. The van der Waals surface area contributed by atoms with Gasteiger partial charge in [-0.05, 0) is 55.1 Å². The maximum absolute atomic E-state index is 15.3. The standard InChI is InChI=1S/C31H43F3O2/c1-6-9-23-11-13-24(14-12-23)20-29(33)30(34)27(10-7-2)25-15-17-26(18-16-25)31(35)36-22(5)28(32)19-21(4)8-3/h7,15-19,21,23-24,27,31,35H,2,5-6,8-14,20H2,1,3-4H3/b28-19+,30-29-/t21-,23?,24?,27+,31-/m0/s1. The van der Waals surface area contributed by atoms with E-state index in [9.17, 15) is 13.9 Å². The van der Waals surface area contributed by atoms with Crippen molar-refractivity contribution in [2.45, 2.75) is 90.8 Å². The molecule has 0 aromatic heterocycles. The molecule has 1 fully saturated rings. The summed E-state index contributed by atoms with van der Waals surface area (Å²) < 4.78 is 49.7. The fourth-order valence-electron chi connectivity index (χ4n) is 4.84. The van der Waals surface area contributed by atoms with Gasteiger partial charge in [0.2, 0.25) is 6.29 Å². The minimum Gasteiger partial charge on any atom is -0.458 e. The highest BCUT2D eigenvalue weighted by Gasteiger charge is 2.26. The van der Waals surface area contributed by atoms with Crippen molar-refractivity contribution < 1.29 is 23.0 Å². The third-order valence-corrected chi connectivity index (χ3v) is 7.32. The van der Waals surface area contributed by atoms with Crippen molar-refractivity contribution in [3.05, 3.63) is 83.9 Å². The Morgan fingerprint density at radius 1 is 1.06 bits per heavy atom. The topological polar surface area (TPSA) is 29.5 Å². The third kappa shape index (κ3) is 8.99. The van der Waals surface area contributed by atoms with E-state index in [0.29, 0.717) is 11.1 Å². The molecule has 1 saturated carbocycles. The molecule has 0 bridgehead atoms. The summed E-state index contributed by atoms with van der Waals surface area (Å²) in [4.78, 5) is 0. The lowest BCUT2D eigenvalue weighted by molar-refractivity contribution is -0.0669. The summed E-state index contributed by atoms with van der Waals surface area (Å²) in [5, 5.41) is 10.4. The lowest BCUT2D eigenvalue weighted by Gasteiger charge is -2.28. The number of halogens is 3. The maximum atomic E-state index is 15.3. The Morgan fingerprint density at radius 3 is 2.19 bits per heavy atom. The van der Waals surface area contributed by atoms with Gasteiger partial charge in [-0.25, -0.2) is 13.2 Å². The monoisotopic (exact) mass is 504 g/mol. The zero-order valence-electron chi connectivity index (χ0n) is 22.1. The van der Waals surface area contributed by atoms with Gasteiger partial charge in [-0.3, -0.25) is 0 Å². The fraction of sp³-hybridized carbons (Fsp3) is 0.548. The van der Waals surface area contributed by atoms with Crippen LogP contribution in [0.25, 0.3) is 0 Å². The summed E-state index contributed by atoms with van der Waals surface area (Å²) in [5.41, 5.74) is 0.939. The molecule has 0 spiro atoms. The Kier molecular flexibility index (Phi) is 12.6. The summed E-state index contributed by atoms with van der Waals surface area (Å²) in [7, 11) is 0. The van der Waals surface area contributed by atoms with Crippen LogP contribution in [0.5, 0.6) is 0 Å². The quantitative estimate of drug-likeness (QED) is 0.118. The van der Waals surface area contributed by atoms with Crippen LogP contribution >= 0.6 is 0 Å². The molecule has 0 unspecified atom stereocenters. The van der Waals surface area contributed by atoms with Crippen molar-refractivity contribution >= 4 is 0 Å². The van der Waals surface area contributed by atoms with Crippen molar-refractivity contribution in [3.63, 3.8) is 0 Å². The van der Waals surface area contributed by atoms with Crippen LogP contribution in [-0.2, 0) is 4.74 Å². The first-order valence-electron chi connectivity index (χ1n) is 13.4. The zero-order chi connectivity index (χ0) is 26.7. The van der Waals surface area contributed by atoms with Crippen LogP contribution in [0.3, 0.4) is 0 Å². The molecule has 1 N–H and O–H groups in total. The highest BCUT2D eigenvalue weighted by molar-refractivity contribution is 5.32. The van der Waals surface area contributed by atoms with Gasteiger partial charge in [-0.1, -0.05) is 83.4 Å². The first-order chi connectivity index (χ1) is 17.2. The summed E-state index contributed by atoms with van der Waals surface area (Å²) in [5.74, 6) is -2.15. The molecular formula is C31H43F3O2. The molecule has 3 atom stereocenters. The molecule has 0 aliphatic heterocycles.